The number of hydrogen-bond acceptors (Lipinski definition) is 4. The lowest BCUT2D eigenvalue weighted by Crippen LogP contribution is -2.18. The van der Waals surface area contributed by atoms with Crippen molar-refractivity contribution < 1.29 is 14.7 Å². The van der Waals surface area contributed by atoms with Crippen LogP contribution in [0.4, 0.5) is 0 Å². The molecule has 0 atom stereocenters. The van der Waals surface area contributed by atoms with E-state index in [0.29, 0.717) is 10.8 Å². The topological polar surface area (TPSA) is 96.9 Å². The highest BCUT2D eigenvalue weighted by Crippen LogP contribution is 2.46. The number of furan rings is 1. The molecule has 3 rings (SSSR count). The quantitative estimate of drug-likeness (QED) is 0.258. The van der Waals surface area contributed by atoms with Crippen LogP contribution in [0.2, 0.25) is 5.15 Å². The van der Waals surface area contributed by atoms with E-state index >= 15 is 0 Å². The molecule has 2 heterocycles. The van der Waals surface area contributed by atoms with E-state index in [1.807, 2.05) is 20.8 Å². The van der Waals surface area contributed by atoms with Crippen LogP contribution in [0.25, 0.3) is 22.3 Å². The highest BCUT2D eigenvalue weighted by Gasteiger charge is 2.29. The molecule has 7 heteroatoms. The molecule has 2 aromatic heterocycles. The van der Waals surface area contributed by atoms with Crippen LogP contribution in [0, 0.1) is 6.92 Å². The van der Waals surface area contributed by atoms with E-state index in [9.17, 15) is 10.3 Å². The maximum Gasteiger partial charge on any atom is 0.187 e. The number of halogens is 1. The largest absolute Gasteiger partial charge is 0.508 e. The average Bonchev–Trinajstić information content (AvgIpc) is 3.13. The second kappa shape index (κ2) is 7.04. The summed E-state index contributed by atoms with van der Waals surface area (Å²) >= 11 is 6.67. The summed E-state index contributed by atoms with van der Waals surface area (Å²) < 4.78 is 7.49. The first-order valence-electron chi connectivity index (χ1n) is 8.51. The van der Waals surface area contributed by atoms with Crippen molar-refractivity contribution in [3.8, 4) is 28.0 Å². The van der Waals surface area contributed by atoms with Gasteiger partial charge in [0.2, 0.25) is 0 Å². The first-order chi connectivity index (χ1) is 12.8. The van der Waals surface area contributed by atoms with Crippen LogP contribution in [0.1, 0.15) is 36.8 Å². The van der Waals surface area contributed by atoms with E-state index in [1.165, 1.54) is 0 Å². The summed E-state index contributed by atoms with van der Waals surface area (Å²) in [7, 11) is 1.76. The molecule has 0 fully saturated rings. The Kier molecular flexibility index (Phi) is 4.93. The number of phenols is 1. The zero-order valence-corrected chi connectivity index (χ0v) is 16.4. The van der Waals surface area contributed by atoms with Crippen molar-refractivity contribution in [3.05, 3.63) is 52.7 Å². The Morgan fingerprint density at radius 1 is 1.19 bits per heavy atom. The highest BCUT2D eigenvalue weighted by atomic mass is 35.5. The summed E-state index contributed by atoms with van der Waals surface area (Å²) in [5, 5.41) is 22.6. The monoisotopic (exact) mass is 387 g/mol. The summed E-state index contributed by atoms with van der Waals surface area (Å²) in [5.74, 6) is 1.03. The number of amidine groups is 1. The van der Waals surface area contributed by atoms with Gasteiger partial charge in [0, 0.05) is 29.7 Å². The zero-order valence-electron chi connectivity index (χ0n) is 15.6. The molecule has 4 N–H and O–H groups in total. The van der Waals surface area contributed by atoms with Crippen molar-refractivity contribution in [1.29, 1.82) is 0 Å². The zero-order chi connectivity index (χ0) is 19.9. The molecule has 27 heavy (non-hydrogen) atoms. The van der Waals surface area contributed by atoms with Crippen molar-refractivity contribution in [1.82, 2.24) is 4.57 Å². The fraction of sp³-hybridized carbons (Fsp3) is 0.250. The third-order valence-corrected chi connectivity index (χ3v) is 5.05. The van der Waals surface area contributed by atoms with E-state index < -0.39 is 0 Å². The predicted molar refractivity (Wildman–Crippen MR) is 107 cm³/mol. The number of phenolic OH excluding ortho intramolecular Hbond substituents is 1. The molecular weight excluding hydrogens is 366 g/mol. The molecular formula is C20H22ClN3O3. The molecule has 0 amide bonds. The number of nitrogens with two attached hydrogens (primary N) is 1. The van der Waals surface area contributed by atoms with E-state index in [2.05, 4.69) is 5.16 Å². The Hall–Kier alpha value is -2.86. The van der Waals surface area contributed by atoms with Crippen LogP contribution in [-0.2, 0) is 7.05 Å². The van der Waals surface area contributed by atoms with Gasteiger partial charge in [0.05, 0.1) is 12.0 Å². The van der Waals surface area contributed by atoms with Crippen molar-refractivity contribution >= 4 is 17.4 Å². The second-order valence-corrected chi connectivity index (χ2v) is 7.15. The lowest BCUT2D eigenvalue weighted by Gasteiger charge is -2.12. The number of benzene rings is 1. The minimum atomic E-state index is -0.0465. The Balaban J connectivity index is 2.46. The maximum atomic E-state index is 9.65. The lowest BCUT2D eigenvalue weighted by atomic mass is 9.91. The molecule has 0 aliphatic heterocycles. The number of oxime groups is 1. The van der Waals surface area contributed by atoms with Gasteiger partial charge in [-0.3, -0.25) is 0 Å². The van der Waals surface area contributed by atoms with E-state index in [1.54, 1.807) is 42.1 Å². The molecule has 0 saturated carbocycles. The molecule has 0 aliphatic carbocycles. The molecule has 3 aromatic rings. The highest BCUT2D eigenvalue weighted by molar-refractivity contribution is 6.34. The fourth-order valence-electron chi connectivity index (χ4n) is 3.35. The van der Waals surface area contributed by atoms with Gasteiger partial charge >= 0.3 is 0 Å². The number of aryl methyl sites for hydroxylation is 1. The van der Waals surface area contributed by atoms with E-state index in [0.717, 1.165) is 33.6 Å². The maximum absolute atomic E-state index is 9.65. The van der Waals surface area contributed by atoms with Crippen molar-refractivity contribution in [2.45, 2.75) is 26.7 Å². The van der Waals surface area contributed by atoms with Gasteiger partial charge in [-0.1, -0.05) is 42.7 Å². The van der Waals surface area contributed by atoms with Crippen molar-refractivity contribution in [2.75, 3.05) is 0 Å². The second-order valence-electron chi connectivity index (χ2n) is 6.79. The van der Waals surface area contributed by atoms with Gasteiger partial charge in [0.25, 0.3) is 0 Å². The van der Waals surface area contributed by atoms with Crippen molar-refractivity contribution in [2.24, 2.45) is 17.9 Å². The SMILES string of the molecule is Cc1coc(C(C)C)c1-c1c(-c2ccc(O)cc2)c(Cl)n(C)c1/C(N)=N/O. The molecule has 0 aliphatic rings. The van der Waals surface area contributed by atoms with E-state index in [4.69, 9.17) is 21.8 Å². The summed E-state index contributed by atoms with van der Waals surface area (Å²) in [6.07, 6.45) is 1.70. The fourth-order valence-corrected chi connectivity index (χ4v) is 3.63. The summed E-state index contributed by atoms with van der Waals surface area (Å²) in [6, 6.07) is 6.75. The van der Waals surface area contributed by atoms with Crippen LogP contribution in [0.3, 0.4) is 0 Å². The molecule has 142 valence electrons. The Morgan fingerprint density at radius 2 is 1.81 bits per heavy atom. The van der Waals surface area contributed by atoms with Gasteiger partial charge < -0.3 is 25.0 Å². The molecule has 0 saturated heterocycles. The van der Waals surface area contributed by atoms with Crippen LogP contribution in [0.5, 0.6) is 5.75 Å². The summed E-state index contributed by atoms with van der Waals surface area (Å²) in [4.78, 5) is 0. The third-order valence-electron chi connectivity index (χ3n) is 4.61. The first kappa shape index (κ1) is 18.9. The average molecular weight is 388 g/mol. The van der Waals surface area contributed by atoms with Gasteiger partial charge in [0.1, 0.15) is 16.7 Å². The normalized spacial score (nSPS) is 12.1. The van der Waals surface area contributed by atoms with Crippen LogP contribution >= 0.6 is 11.6 Å². The molecule has 0 unspecified atom stereocenters. The first-order valence-corrected chi connectivity index (χ1v) is 8.89. The van der Waals surface area contributed by atoms with Gasteiger partial charge in [-0.05, 0) is 30.2 Å². The number of rotatable bonds is 4. The molecule has 0 spiro atoms. The Labute approximate surface area is 162 Å². The van der Waals surface area contributed by atoms with Gasteiger partial charge in [-0.2, -0.15) is 0 Å². The number of nitrogens with zero attached hydrogens (tertiary/aromatic N) is 2. The summed E-state index contributed by atoms with van der Waals surface area (Å²) in [5.41, 5.74) is 10.6. The third kappa shape index (κ3) is 3.06. The molecule has 0 radical (unpaired) electrons. The minimum absolute atomic E-state index is 0.0465. The predicted octanol–water partition coefficient (Wildman–Crippen LogP) is 4.84. The van der Waals surface area contributed by atoms with E-state index in [-0.39, 0.29) is 17.5 Å². The molecule has 6 nitrogen and oxygen atoms in total. The number of aromatic hydroxyl groups is 1. The van der Waals surface area contributed by atoms with Crippen LogP contribution in [0.15, 0.2) is 40.1 Å². The van der Waals surface area contributed by atoms with Gasteiger partial charge in [-0.25, -0.2) is 0 Å². The molecule has 1 aromatic carbocycles. The minimum Gasteiger partial charge on any atom is -0.508 e. The van der Waals surface area contributed by atoms with Gasteiger partial charge in [0.15, 0.2) is 5.84 Å². The smallest absolute Gasteiger partial charge is 0.187 e. The Bertz CT molecular complexity index is 1010. The molecule has 0 bridgehead atoms. The Morgan fingerprint density at radius 3 is 2.37 bits per heavy atom. The standard InChI is InChI=1S/C20H22ClN3O3/c1-10(2)18-14(11(3)9-27-18)16-15(12-5-7-13(25)8-6-12)19(21)24(4)17(16)20(22)23-26/h5-10,25-26H,1-4H3,(H2,22,23). The lowest BCUT2D eigenvalue weighted by molar-refractivity contribution is 0.318. The van der Waals surface area contributed by atoms with Crippen LogP contribution < -0.4 is 5.73 Å². The number of aromatic nitrogens is 1. The van der Waals surface area contributed by atoms with Crippen LogP contribution in [-0.4, -0.2) is 20.7 Å². The van der Waals surface area contributed by atoms with Gasteiger partial charge in [-0.15, -0.1) is 0 Å². The van der Waals surface area contributed by atoms with Crippen molar-refractivity contribution in [3.63, 3.8) is 0 Å². The number of hydrogen-bond donors (Lipinski definition) is 3. The summed E-state index contributed by atoms with van der Waals surface area (Å²) in [6.45, 7) is 6.02.